The topological polar surface area (TPSA) is 47.1 Å². The van der Waals surface area contributed by atoms with E-state index in [4.69, 9.17) is 10.7 Å². The second-order valence-corrected chi connectivity index (χ2v) is 5.98. The molecule has 4 nitrogen and oxygen atoms in total. The van der Waals surface area contributed by atoms with Gasteiger partial charge in [-0.1, -0.05) is 19.4 Å². The Morgan fingerprint density at radius 2 is 2.00 bits per heavy atom. The summed E-state index contributed by atoms with van der Waals surface area (Å²) >= 11 is 0. The number of nitrogens with zero attached hydrogens (tertiary/aromatic N) is 3. The lowest BCUT2D eigenvalue weighted by molar-refractivity contribution is 0.213. The highest BCUT2D eigenvalue weighted by atomic mass is 15.2. The average molecular weight is 286 g/mol. The summed E-state index contributed by atoms with van der Waals surface area (Å²) in [5, 5.41) is 0. The molecule has 0 spiro atoms. The summed E-state index contributed by atoms with van der Waals surface area (Å²) in [4.78, 5) is 7.43. The molecule has 1 saturated heterocycles. The lowest BCUT2D eigenvalue weighted by Gasteiger charge is -2.26. The van der Waals surface area contributed by atoms with Crippen LogP contribution >= 0.6 is 0 Å². The van der Waals surface area contributed by atoms with Crippen LogP contribution in [0.5, 0.6) is 0 Å². The Morgan fingerprint density at radius 3 is 2.71 bits per heavy atom. The molecular weight excluding hydrogens is 260 g/mol. The number of nitrogens with two attached hydrogens (primary N) is 1. The van der Waals surface area contributed by atoms with Crippen LogP contribution in [0.25, 0.3) is 11.0 Å². The maximum Gasteiger partial charge on any atom is 0.124 e. The number of imidazole rings is 1. The van der Waals surface area contributed by atoms with Gasteiger partial charge in [0.25, 0.3) is 0 Å². The second kappa shape index (κ2) is 6.58. The Labute approximate surface area is 126 Å². The van der Waals surface area contributed by atoms with E-state index in [2.05, 4.69) is 34.6 Å². The fourth-order valence-corrected chi connectivity index (χ4v) is 3.26. The van der Waals surface area contributed by atoms with Crippen LogP contribution in [0.3, 0.4) is 0 Å². The fourth-order valence-electron chi connectivity index (χ4n) is 3.26. The van der Waals surface area contributed by atoms with Gasteiger partial charge in [0.15, 0.2) is 0 Å². The molecule has 1 fully saturated rings. The van der Waals surface area contributed by atoms with Gasteiger partial charge in [-0.3, -0.25) is 4.90 Å². The van der Waals surface area contributed by atoms with E-state index in [-0.39, 0.29) is 0 Å². The van der Waals surface area contributed by atoms with Crippen molar-refractivity contribution in [2.45, 2.75) is 45.7 Å². The van der Waals surface area contributed by atoms with Gasteiger partial charge in [0, 0.05) is 13.1 Å². The van der Waals surface area contributed by atoms with Crippen molar-refractivity contribution in [3.8, 4) is 0 Å². The zero-order valence-electron chi connectivity index (χ0n) is 13.0. The van der Waals surface area contributed by atoms with Crippen LogP contribution in [-0.4, -0.2) is 34.1 Å². The number of hydrogen-bond donors (Lipinski definition) is 1. The third kappa shape index (κ3) is 3.11. The average Bonchev–Trinajstić information content (AvgIpc) is 2.85. The van der Waals surface area contributed by atoms with Crippen molar-refractivity contribution >= 4 is 11.0 Å². The standard InChI is InChI=1S/C17H26N4/c1-2-14-6-7-16-15(12-14)19-17(21(16)11-8-18)13-20-9-4-3-5-10-20/h6-7,12H,2-5,8-11,13,18H2,1H3. The summed E-state index contributed by atoms with van der Waals surface area (Å²) in [5.41, 5.74) is 9.50. The predicted molar refractivity (Wildman–Crippen MR) is 87.3 cm³/mol. The molecule has 2 N–H and O–H groups in total. The Kier molecular flexibility index (Phi) is 4.56. The van der Waals surface area contributed by atoms with Gasteiger partial charge in [0.1, 0.15) is 5.82 Å². The van der Waals surface area contributed by atoms with Crippen molar-refractivity contribution in [1.82, 2.24) is 14.5 Å². The number of benzene rings is 1. The van der Waals surface area contributed by atoms with Crippen LogP contribution in [0.15, 0.2) is 18.2 Å². The van der Waals surface area contributed by atoms with Gasteiger partial charge in [-0.25, -0.2) is 4.98 Å². The Hall–Kier alpha value is -1.39. The van der Waals surface area contributed by atoms with Gasteiger partial charge in [-0.2, -0.15) is 0 Å². The third-order valence-corrected chi connectivity index (χ3v) is 4.47. The molecule has 0 atom stereocenters. The smallest absolute Gasteiger partial charge is 0.124 e. The summed E-state index contributed by atoms with van der Waals surface area (Å²) in [6.07, 6.45) is 5.06. The van der Waals surface area contributed by atoms with Crippen LogP contribution in [0.4, 0.5) is 0 Å². The van der Waals surface area contributed by atoms with E-state index < -0.39 is 0 Å². The van der Waals surface area contributed by atoms with Gasteiger partial charge in [-0.15, -0.1) is 0 Å². The molecule has 1 aromatic heterocycles. The first-order valence-electron chi connectivity index (χ1n) is 8.22. The quantitative estimate of drug-likeness (QED) is 0.919. The number of piperidine rings is 1. The van der Waals surface area contributed by atoms with Crippen molar-refractivity contribution in [2.75, 3.05) is 19.6 Å². The maximum absolute atomic E-state index is 5.81. The number of likely N-dealkylation sites (tertiary alicyclic amines) is 1. The summed E-state index contributed by atoms with van der Waals surface area (Å²) in [6.45, 7) is 7.06. The zero-order valence-corrected chi connectivity index (χ0v) is 13.0. The Morgan fingerprint density at radius 1 is 1.19 bits per heavy atom. The molecule has 114 valence electrons. The molecule has 2 aromatic rings. The molecule has 3 rings (SSSR count). The lowest BCUT2D eigenvalue weighted by atomic mass is 10.1. The molecule has 0 aliphatic carbocycles. The SMILES string of the molecule is CCc1ccc2c(c1)nc(CN1CCCCC1)n2CCN. The van der Waals surface area contributed by atoms with E-state index in [0.717, 1.165) is 25.0 Å². The molecule has 1 aromatic carbocycles. The van der Waals surface area contributed by atoms with Crippen molar-refractivity contribution < 1.29 is 0 Å². The largest absolute Gasteiger partial charge is 0.329 e. The van der Waals surface area contributed by atoms with E-state index >= 15 is 0 Å². The monoisotopic (exact) mass is 286 g/mol. The van der Waals surface area contributed by atoms with Gasteiger partial charge < -0.3 is 10.3 Å². The predicted octanol–water partition coefficient (Wildman–Crippen LogP) is 2.54. The molecule has 2 heterocycles. The van der Waals surface area contributed by atoms with E-state index in [1.165, 1.54) is 49.3 Å². The second-order valence-electron chi connectivity index (χ2n) is 5.98. The molecule has 0 amide bonds. The minimum Gasteiger partial charge on any atom is -0.329 e. The normalized spacial score (nSPS) is 16.7. The van der Waals surface area contributed by atoms with Crippen molar-refractivity contribution in [3.63, 3.8) is 0 Å². The maximum atomic E-state index is 5.81. The Bertz CT molecular complexity index is 596. The van der Waals surface area contributed by atoms with Crippen LogP contribution < -0.4 is 5.73 Å². The summed E-state index contributed by atoms with van der Waals surface area (Å²) < 4.78 is 2.31. The molecule has 4 heteroatoms. The van der Waals surface area contributed by atoms with Crippen molar-refractivity contribution in [3.05, 3.63) is 29.6 Å². The van der Waals surface area contributed by atoms with Crippen LogP contribution in [-0.2, 0) is 19.5 Å². The van der Waals surface area contributed by atoms with E-state index in [1.807, 2.05) is 0 Å². The fraction of sp³-hybridized carbons (Fsp3) is 0.588. The number of aryl methyl sites for hydroxylation is 1. The molecule has 0 radical (unpaired) electrons. The van der Waals surface area contributed by atoms with Crippen molar-refractivity contribution in [1.29, 1.82) is 0 Å². The lowest BCUT2D eigenvalue weighted by Crippen LogP contribution is -2.30. The molecule has 1 aliphatic heterocycles. The molecule has 21 heavy (non-hydrogen) atoms. The molecule has 1 aliphatic rings. The molecule has 0 bridgehead atoms. The number of aromatic nitrogens is 2. The first-order chi connectivity index (χ1) is 10.3. The summed E-state index contributed by atoms with van der Waals surface area (Å²) in [6, 6.07) is 6.64. The van der Waals surface area contributed by atoms with Crippen molar-refractivity contribution in [2.24, 2.45) is 5.73 Å². The highest BCUT2D eigenvalue weighted by Crippen LogP contribution is 2.20. The number of hydrogen-bond acceptors (Lipinski definition) is 3. The van der Waals surface area contributed by atoms with Gasteiger partial charge in [-0.05, 0) is 50.0 Å². The van der Waals surface area contributed by atoms with Gasteiger partial charge in [0.05, 0.1) is 17.6 Å². The van der Waals surface area contributed by atoms with Gasteiger partial charge >= 0.3 is 0 Å². The number of rotatable bonds is 5. The molecule has 0 unspecified atom stereocenters. The van der Waals surface area contributed by atoms with Gasteiger partial charge in [0.2, 0.25) is 0 Å². The minimum absolute atomic E-state index is 0.661. The number of fused-ring (bicyclic) bond motifs is 1. The van der Waals surface area contributed by atoms with E-state index in [1.54, 1.807) is 0 Å². The molecular formula is C17H26N4. The highest BCUT2D eigenvalue weighted by Gasteiger charge is 2.16. The zero-order chi connectivity index (χ0) is 14.7. The third-order valence-electron chi connectivity index (χ3n) is 4.47. The van der Waals surface area contributed by atoms with E-state index in [0.29, 0.717) is 6.54 Å². The first kappa shape index (κ1) is 14.5. The highest BCUT2D eigenvalue weighted by molar-refractivity contribution is 5.77. The molecule has 0 saturated carbocycles. The minimum atomic E-state index is 0.661. The van der Waals surface area contributed by atoms with Crippen LogP contribution in [0.1, 0.15) is 37.6 Å². The van der Waals surface area contributed by atoms with Crippen LogP contribution in [0, 0.1) is 0 Å². The Balaban J connectivity index is 1.93. The summed E-state index contributed by atoms with van der Waals surface area (Å²) in [5.74, 6) is 1.17. The summed E-state index contributed by atoms with van der Waals surface area (Å²) in [7, 11) is 0. The van der Waals surface area contributed by atoms with E-state index in [9.17, 15) is 0 Å². The van der Waals surface area contributed by atoms with Crippen LogP contribution in [0.2, 0.25) is 0 Å². The first-order valence-corrected chi connectivity index (χ1v) is 8.22.